The molecular weight excluding hydrogens is 957 g/mol. The summed E-state index contributed by atoms with van der Waals surface area (Å²) in [5.41, 5.74) is 6.98. The monoisotopic (exact) mass is 1030 g/mol. The van der Waals surface area contributed by atoms with E-state index >= 15 is 0 Å². The second-order valence-electron chi connectivity index (χ2n) is 22.8. The Labute approximate surface area is 438 Å². The number of hydrogen-bond donors (Lipinski definition) is 3. The molecule has 3 aromatic carbocycles. The topological polar surface area (TPSA) is 206 Å². The Morgan fingerprint density at radius 2 is 1.33 bits per heavy atom. The van der Waals surface area contributed by atoms with Crippen molar-refractivity contribution in [1.82, 2.24) is 35.3 Å². The van der Waals surface area contributed by atoms with E-state index in [9.17, 15) is 24.0 Å². The van der Waals surface area contributed by atoms with Gasteiger partial charge in [-0.3, -0.25) is 19.5 Å². The van der Waals surface area contributed by atoms with Gasteiger partial charge < -0.3 is 49.1 Å². The zero-order valence-corrected chi connectivity index (χ0v) is 44.7. The van der Waals surface area contributed by atoms with E-state index < -0.39 is 53.7 Å². The maximum atomic E-state index is 14.6. The van der Waals surface area contributed by atoms with Crippen LogP contribution in [0.2, 0.25) is 0 Å². The number of aromatic amines is 1. The van der Waals surface area contributed by atoms with Crippen LogP contribution in [0, 0.1) is 11.8 Å². The van der Waals surface area contributed by atoms with Crippen LogP contribution in [-0.2, 0) is 36.9 Å². The number of imidazole rings is 1. The van der Waals surface area contributed by atoms with Gasteiger partial charge in [0.2, 0.25) is 18.6 Å². The molecule has 0 spiro atoms. The van der Waals surface area contributed by atoms with Crippen LogP contribution in [0.3, 0.4) is 0 Å². The molecule has 5 amide bonds. The standard InChI is InChI=1S/C57H70N8O10/c1-32(2)47(61-53(68)74-56(5,6)7)51(66)64-23-11-12-44(64)50-59-27-43(60-50)37-19-17-35(18-20-37)34-13-15-36(16-14-34)39-24-42(58-26-39)45-25-40(29-65(45)52(67)48(33(3)4)62-54(69)75-57(8,9)10)73-55(70)63-28-38-21-22-46-49(41(38)30-63)72-31-71-46/h13-22,26-27,32-33,40,44-45,47-48H,11-12,23-25,28-31H2,1-10H3,(H,59,60)(H,61,68)(H,62,69)/t40-,44+,45?,47+,48+/m1/s1. The third kappa shape index (κ3) is 11.8. The molecule has 18 heteroatoms. The number of carbonyl (C=O) groups excluding carboxylic acids is 5. The smallest absolute Gasteiger partial charge is 0.410 e. The van der Waals surface area contributed by atoms with Crippen LogP contribution in [0.1, 0.15) is 123 Å². The molecule has 75 heavy (non-hydrogen) atoms. The number of hydrogen-bond acceptors (Lipinski definition) is 12. The number of nitrogens with one attached hydrogen (secondary N) is 3. The van der Waals surface area contributed by atoms with Gasteiger partial charge in [0.15, 0.2) is 11.5 Å². The molecule has 4 aromatic rings. The lowest BCUT2D eigenvalue weighted by Gasteiger charge is -2.31. The van der Waals surface area contributed by atoms with Gasteiger partial charge in [-0.2, -0.15) is 0 Å². The molecule has 398 valence electrons. The first-order valence-corrected chi connectivity index (χ1v) is 26.1. The molecule has 2 saturated heterocycles. The van der Waals surface area contributed by atoms with Crippen molar-refractivity contribution < 1.29 is 47.7 Å². The highest BCUT2D eigenvalue weighted by Gasteiger charge is 2.45. The fourth-order valence-electron chi connectivity index (χ4n) is 10.4. The molecule has 0 bridgehead atoms. The predicted molar refractivity (Wildman–Crippen MR) is 281 cm³/mol. The van der Waals surface area contributed by atoms with Gasteiger partial charge in [0.1, 0.15) is 35.2 Å². The van der Waals surface area contributed by atoms with Crippen LogP contribution >= 0.6 is 0 Å². The number of H-pyrrole nitrogens is 1. The number of aliphatic imine (C=N–C) groups is 1. The Kier molecular flexibility index (Phi) is 14.8. The molecular formula is C57H70N8O10. The summed E-state index contributed by atoms with van der Waals surface area (Å²) in [7, 11) is 0. The molecule has 3 N–H and O–H groups in total. The van der Waals surface area contributed by atoms with Gasteiger partial charge in [-0.25, -0.2) is 19.4 Å². The lowest BCUT2D eigenvalue weighted by atomic mass is 9.95. The lowest BCUT2D eigenvalue weighted by molar-refractivity contribution is -0.136. The van der Waals surface area contributed by atoms with Crippen molar-refractivity contribution in [2.45, 2.75) is 149 Å². The van der Waals surface area contributed by atoms with E-state index in [4.69, 9.17) is 33.7 Å². The van der Waals surface area contributed by atoms with Gasteiger partial charge >= 0.3 is 18.3 Å². The maximum absolute atomic E-state index is 14.6. The van der Waals surface area contributed by atoms with Crippen LogP contribution in [0.5, 0.6) is 11.5 Å². The maximum Gasteiger partial charge on any atom is 0.410 e. The van der Waals surface area contributed by atoms with Crippen molar-refractivity contribution in [3.05, 3.63) is 95.6 Å². The Bertz CT molecular complexity index is 2880. The summed E-state index contributed by atoms with van der Waals surface area (Å²) in [5, 5.41) is 5.62. The minimum Gasteiger partial charge on any atom is -0.454 e. The van der Waals surface area contributed by atoms with Crippen molar-refractivity contribution in [2.24, 2.45) is 16.8 Å². The van der Waals surface area contributed by atoms with E-state index in [1.54, 1.807) is 57.5 Å². The summed E-state index contributed by atoms with van der Waals surface area (Å²) in [5.74, 6) is 1.13. The summed E-state index contributed by atoms with van der Waals surface area (Å²) < 4.78 is 28.5. The SMILES string of the molecule is CC(C)[C@H](NC(=O)OC(C)(C)C)C(=O)N1C[C@H](OC(=O)N2Cc3ccc4c(c3C2)OCO4)CC1C1=NC=C(c2ccc(-c3ccc(-c4cnc([C@@H]5CCCN5C(=O)[C@@H](NC(=O)OC(C)(C)C)C(C)C)[nH]4)cc3)cc2)C1. The van der Waals surface area contributed by atoms with Gasteiger partial charge in [-0.1, -0.05) is 82.3 Å². The minimum absolute atomic E-state index is 0.126. The average Bonchev–Trinajstić information content (AvgIpc) is 4.22. The number of nitrogens with zero attached hydrogens (tertiary/aromatic N) is 5. The molecule has 2 fully saturated rings. The lowest BCUT2D eigenvalue weighted by Crippen LogP contribution is -2.54. The summed E-state index contributed by atoms with van der Waals surface area (Å²) in [6.45, 7) is 19.7. The highest BCUT2D eigenvalue weighted by molar-refractivity contribution is 6.04. The fraction of sp³-hybridized carbons (Fsp3) is 0.491. The summed E-state index contributed by atoms with van der Waals surface area (Å²) in [6.07, 6.45) is 3.60. The number of carbonyl (C=O) groups is 5. The number of amides is 5. The fourth-order valence-corrected chi connectivity index (χ4v) is 10.4. The van der Waals surface area contributed by atoms with E-state index in [1.165, 1.54) is 0 Å². The van der Waals surface area contributed by atoms with E-state index in [2.05, 4.69) is 52.0 Å². The molecule has 6 heterocycles. The van der Waals surface area contributed by atoms with E-state index in [1.807, 2.05) is 63.1 Å². The average molecular weight is 1030 g/mol. The number of fused-ring (bicyclic) bond motifs is 3. The molecule has 0 radical (unpaired) electrons. The second kappa shape index (κ2) is 21.1. The van der Waals surface area contributed by atoms with Crippen molar-refractivity contribution in [2.75, 3.05) is 19.9 Å². The highest BCUT2D eigenvalue weighted by atomic mass is 16.7. The first-order valence-electron chi connectivity index (χ1n) is 26.1. The highest BCUT2D eigenvalue weighted by Crippen LogP contribution is 2.42. The Hall–Kier alpha value is -7.37. The van der Waals surface area contributed by atoms with Crippen molar-refractivity contribution >= 4 is 41.4 Å². The quantitative estimate of drug-likeness (QED) is 0.114. The molecule has 5 aliphatic rings. The molecule has 0 aliphatic carbocycles. The second-order valence-corrected chi connectivity index (χ2v) is 22.8. The number of likely N-dealkylation sites (tertiary alicyclic amines) is 2. The van der Waals surface area contributed by atoms with E-state index in [-0.39, 0.29) is 43.0 Å². The third-order valence-electron chi connectivity index (χ3n) is 14.1. The van der Waals surface area contributed by atoms with Crippen LogP contribution < -0.4 is 20.1 Å². The van der Waals surface area contributed by atoms with Gasteiger partial charge in [-0.15, -0.1) is 0 Å². The van der Waals surface area contributed by atoms with E-state index in [0.29, 0.717) is 49.8 Å². The number of ether oxygens (including phenoxy) is 5. The molecule has 1 aromatic heterocycles. The van der Waals surface area contributed by atoms with Gasteiger partial charge in [0, 0.05) is 43.4 Å². The minimum atomic E-state index is -0.901. The Morgan fingerprint density at radius 1 is 0.733 bits per heavy atom. The largest absolute Gasteiger partial charge is 0.454 e. The zero-order chi connectivity index (χ0) is 53.5. The number of benzene rings is 3. The predicted octanol–water partition coefficient (Wildman–Crippen LogP) is 9.54. The number of alkyl carbamates (subject to hydrolysis) is 2. The first kappa shape index (κ1) is 52.5. The number of aromatic nitrogens is 2. The van der Waals surface area contributed by atoms with Gasteiger partial charge in [-0.05, 0) is 106 Å². The van der Waals surface area contributed by atoms with Crippen molar-refractivity contribution in [3.8, 4) is 33.9 Å². The summed E-state index contributed by atoms with van der Waals surface area (Å²) >= 11 is 0. The molecule has 18 nitrogen and oxygen atoms in total. The van der Waals surface area contributed by atoms with Crippen LogP contribution in [0.4, 0.5) is 14.4 Å². The normalized spacial score (nSPS) is 19.9. The van der Waals surface area contributed by atoms with Crippen molar-refractivity contribution in [1.29, 1.82) is 0 Å². The van der Waals surface area contributed by atoms with Crippen LogP contribution in [0.15, 0.2) is 78.1 Å². The Balaban J connectivity index is 0.847. The number of rotatable bonds is 12. The van der Waals surface area contributed by atoms with Crippen molar-refractivity contribution in [3.63, 3.8) is 0 Å². The molecule has 5 aliphatic heterocycles. The molecule has 5 atom stereocenters. The zero-order valence-electron chi connectivity index (χ0n) is 44.7. The van der Waals surface area contributed by atoms with Crippen LogP contribution in [0.25, 0.3) is 28.0 Å². The van der Waals surface area contributed by atoms with E-state index in [0.717, 1.165) is 63.2 Å². The van der Waals surface area contributed by atoms with Gasteiger partial charge in [0.25, 0.3) is 0 Å². The summed E-state index contributed by atoms with van der Waals surface area (Å²) in [6, 6.07) is 17.9. The molecule has 1 unspecified atom stereocenters. The Morgan fingerprint density at radius 3 is 1.95 bits per heavy atom. The number of allylic oxidation sites excluding steroid dienone is 1. The molecule has 9 rings (SSSR count). The van der Waals surface area contributed by atoms with Crippen LogP contribution in [-0.4, -0.2) is 116 Å². The first-order chi connectivity index (χ1) is 35.6. The summed E-state index contributed by atoms with van der Waals surface area (Å²) in [4.78, 5) is 86.2. The van der Waals surface area contributed by atoms with Gasteiger partial charge in [0.05, 0.1) is 37.1 Å². The molecule has 0 saturated carbocycles. The third-order valence-corrected chi connectivity index (χ3v) is 14.1.